The van der Waals surface area contributed by atoms with Gasteiger partial charge in [-0.1, -0.05) is 61.3 Å². The molecule has 23 heavy (non-hydrogen) atoms. The van der Waals surface area contributed by atoms with Gasteiger partial charge < -0.3 is 10.4 Å². The Morgan fingerprint density at radius 1 is 0.739 bits per heavy atom. The van der Waals surface area contributed by atoms with Crippen molar-refractivity contribution in [3.05, 3.63) is 69.7 Å². The Hall–Kier alpha value is -1.06. The van der Waals surface area contributed by atoms with Gasteiger partial charge in [0, 0.05) is 34.0 Å². The van der Waals surface area contributed by atoms with Gasteiger partial charge in [-0.05, 0) is 35.4 Å². The van der Waals surface area contributed by atoms with Crippen LogP contribution in [0.3, 0.4) is 0 Å². The molecule has 1 saturated heterocycles. The quantitative estimate of drug-likeness (QED) is 0.798. The minimum atomic E-state index is -0.377. The highest BCUT2D eigenvalue weighted by Gasteiger charge is 2.40. The first-order chi connectivity index (χ1) is 11.0. The first-order valence-electron chi connectivity index (χ1n) is 7.92. The van der Waals surface area contributed by atoms with Crippen molar-refractivity contribution in [2.24, 2.45) is 11.8 Å². The van der Waals surface area contributed by atoms with Crippen LogP contribution in [0.25, 0.3) is 0 Å². The van der Waals surface area contributed by atoms with Crippen LogP contribution in [0.5, 0.6) is 0 Å². The molecule has 5 atom stereocenters. The number of hydrogen-bond donors (Lipinski definition) is 2. The smallest absolute Gasteiger partial charge is 0.0627 e. The highest BCUT2D eigenvalue weighted by molar-refractivity contribution is 6.30. The second-order valence-corrected chi connectivity index (χ2v) is 7.31. The Balaban J connectivity index is 1.92. The van der Waals surface area contributed by atoms with Crippen molar-refractivity contribution in [3.8, 4) is 0 Å². The van der Waals surface area contributed by atoms with E-state index in [0.717, 1.165) is 21.2 Å². The van der Waals surface area contributed by atoms with Crippen LogP contribution < -0.4 is 5.32 Å². The summed E-state index contributed by atoms with van der Waals surface area (Å²) >= 11 is 12.0. The Morgan fingerprint density at radius 3 is 1.43 bits per heavy atom. The lowest BCUT2D eigenvalue weighted by atomic mass is 9.75. The summed E-state index contributed by atoms with van der Waals surface area (Å²) in [5.41, 5.74) is 2.29. The van der Waals surface area contributed by atoms with Crippen molar-refractivity contribution in [3.63, 3.8) is 0 Å². The monoisotopic (exact) mass is 349 g/mol. The first kappa shape index (κ1) is 16.8. The van der Waals surface area contributed by atoms with E-state index in [1.54, 1.807) is 0 Å². The summed E-state index contributed by atoms with van der Waals surface area (Å²) < 4.78 is 0. The zero-order chi connectivity index (χ0) is 16.6. The van der Waals surface area contributed by atoms with Gasteiger partial charge in [0.1, 0.15) is 0 Å². The van der Waals surface area contributed by atoms with Crippen molar-refractivity contribution in [2.45, 2.75) is 32.0 Å². The van der Waals surface area contributed by atoms with Crippen molar-refractivity contribution >= 4 is 23.2 Å². The summed E-state index contributed by atoms with van der Waals surface area (Å²) in [6.45, 7) is 4.18. The molecule has 0 aliphatic carbocycles. The van der Waals surface area contributed by atoms with E-state index in [4.69, 9.17) is 23.2 Å². The molecule has 0 saturated carbocycles. The SMILES string of the molecule is C[C@@H]1C(O)[C@H](C)[C@H](c2ccc(Cl)cc2)N[C@H]1c1ccc(Cl)cc1. The van der Waals surface area contributed by atoms with Crippen LogP contribution in [0.2, 0.25) is 10.0 Å². The topological polar surface area (TPSA) is 32.3 Å². The van der Waals surface area contributed by atoms with E-state index in [1.807, 2.05) is 48.5 Å². The number of rotatable bonds is 2. The maximum atomic E-state index is 10.7. The fourth-order valence-electron chi connectivity index (χ4n) is 3.51. The molecule has 2 aromatic carbocycles. The third-order valence-corrected chi connectivity index (χ3v) is 5.45. The minimum absolute atomic E-state index is 0.0825. The van der Waals surface area contributed by atoms with Gasteiger partial charge in [-0.15, -0.1) is 0 Å². The molecule has 3 rings (SSSR count). The second-order valence-electron chi connectivity index (χ2n) is 6.43. The predicted octanol–water partition coefficient (Wildman–Crippen LogP) is 5.01. The number of halogens is 2. The highest BCUT2D eigenvalue weighted by Crippen LogP contribution is 2.40. The largest absolute Gasteiger partial charge is 0.392 e. The van der Waals surface area contributed by atoms with Gasteiger partial charge in [0.15, 0.2) is 0 Å². The summed E-state index contributed by atoms with van der Waals surface area (Å²) in [7, 11) is 0. The van der Waals surface area contributed by atoms with Gasteiger partial charge in [-0.3, -0.25) is 0 Å². The van der Waals surface area contributed by atoms with Gasteiger partial charge >= 0.3 is 0 Å². The summed E-state index contributed by atoms with van der Waals surface area (Å²) in [5, 5.41) is 15.9. The molecule has 1 fully saturated rings. The third kappa shape index (κ3) is 3.41. The normalized spacial score (nSPS) is 31.1. The molecule has 1 heterocycles. The molecule has 2 N–H and O–H groups in total. The van der Waals surface area contributed by atoms with Crippen LogP contribution in [-0.2, 0) is 0 Å². The average molecular weight is 350 g/mol. The van der Waals surface area contributed by atoms with Crippen molar-refractivity contribution in [1.82, 2.24) is 5.32 Å². The van der Waals surface area contributed by atoms with E-state index in [1.165, 1.54) is 0 Å². The van der Waals surface area contributed by atoms with Gasteiger partial charge in [-0.2, -0.15) is 0 Å². The van der Waals surface area contributed by atoms with E-state index in [9.17, 15) is 5.11 Å². The van der Waals surface area contributed by atoms with E-state index in [-0.39, 0.29) is 30.0 Å². The number of nitrogens with one attached hydrogen (secondary N) is 1. The molecule has 4 heteroatoms. The number of piperidine rings is 1. The fraction of sp³-hybridized carbons (Fsp3) is 0.368. The molecule has 0 spiro atoms. The van der Waals surface area contributed by atoms with Gasteiger partial charge in [0.25, 0.3) is 0 Å². The van der Waals surface area contributed by atoms with E-state index in [0.29, 0.717) is 0 Å². The molecule has 2 nitrogen and oxygen atoms in total. The minimum Gasteiger partial charge on any atom is -0.392 e. The van der Waals surface area contributed by atoms with Crippen LogP contribution in [0, 0.1) is 11.8 Å². The molecule has 2 aromatic rings. The van der Waals surface area contributed by atoms with E-state index >= 15 is 0 Å². The number of hydrogen-bond acceptors (Lipinski definition) is 2. The lowest BCUT2D eigenvalue weighted by Crippen LogP contribution is -2.48. The predicted molar refractivity (Wildman–Crippen MR) is 95.9 cm³/mol. The number of benzene rings is 2. The van der Waals surface area contributed by atoms with Crippen molar-refractivity contribution in [1.29, 1.82) is 0 Å². The molecule has 1 unspecified atom stereocenters. The first-order valence-corrected chi connectivity index (χ1v) is 8.68. The number of aliphatic hydroxyl groups excluding tert-OH is 1. The maximum Gasteiger partial charge on any atom is 0.0627 e. The van der Waals surface area contributed by atoms with Gasteiger partial charge in [-0.25, -0.2) is 0 Å². The molecular formula is C19H21Cl2NO. The molecule has 0 radical (unpaired) electrons. The Labute approximate surface area is 147 Å². The van der Waals surface area contributed by atoms with E-state index in [2.05, 4.69) is 19.2 Å². The van der Waals surface area contributed by atoms with Crippen molar-refractivity contribution < 1.29 is 5.11 Å². The zero-order valence-corrected chi connectivity index (χ0v) is 14.7. The Bertz CT molecular complexity index is 599. The summed E-state index contributed by atoms with van der Waals surface area (Å²) in [5.74, 6) is 0.240. The van der Waals surface area contributed by atoms with Crippen LogP contribution in [-0.4, -0.2) is 11.2 Å². The maximum absolute atomic E-state index is 10.7. The third-order valence-electron chi connectivity index (χ3n) is 4.95. The molecule has 0 bridgehead atoms. The summed E-state index contributed by atoms with van der Waals surface area (Å²) in [6, 6.07) is 15.9. The molecule has 1 aliphatic rings. The highest BCUT2D eigenvalue weighted by atomic mass is 35.5. The molecule has 0 aromatic heterocycles. The Kier molecular flexibility index (Phi) is 4.98. The fourth-order valence-corrected chi connectivity index (χ4v) is 3.76. The van der Waals surface area contributed by atoms with Crippen LogP contribution in [0.1, 0.15) is 37.1 Å². The van der Waals surface area contributed by atoms with Gasteiger partial charge in [0.05, 0.1) is 6.10 Å². The van der Waals surface area contributed by atoms with Crippen LogP contribution >= 0.6 is 23.2 Å². The lowest BCUT2D eigenvalue weighted by molar-refractivity contribution is -0.00676. The standard InChI is InChI=1S/C19H21Cl2NO/c1-11-17(13-3-7-15(20)8-4-13)22-18(12(2)19(11)23)14-5-9-16(21)10-6-14/h3-12,17-19,22-23H,1-2H3/t11-,12+,17-,18-,19?/m1/s1. The Morgan fingerprint density at radius 2 is 1.09 bits per heavy atom. The van der Waals surface area contributed by atoms with Crippen LogP contribution in [0.15, 0.2) is 48.5 Å². The summed E-state index contributed by atoms with van der Waals surface area (Å²) in [4.78, 5) is 0. The van der Waals surface area contributed by atoms with E-state index < -0.39 is 0 Å². The number of aliphatic hydroxyl groups is 1. The molecule has 122 valence electrons. The lowest BCUT2D eigenvalue weighted by Gasteiger charge is -2.44. The average Bonchev–Trinajstić information content (AvgIpc) is 2.55. The molecule has 1 aliphatic heterocycles. The molecular weight excluding hydrogens is 329 g/mol. The zero-order valence-electron chi connectivity index (χ0n) is 13.2. The van der Waals surface area contributed by atoms with Crippen LogP contribution in [0.4, 0.5) is 0 Å². The van der Waals surface area contributed by atoms with Crippen molar-refractivity contribution in [2.75, 3.05) is 0 Å². The summed E-state index contributed by atoms with van der Waals surface area (Å²) in [6.07, 6.45) is -0.377. The second kappa shape index (κ2) is 6.82. The van der Waals surface area contributed by atoms with Gasteiger partial charge in [0.2, 0.25) is 0 Å². The molecule has 0 amide bonds.